The highest BCUT2D eigenvalue weighted by Crippen LogP contribution is 2.38. The van der Waals surface area contributed by atoms with Crippen molar-refractivity contribution in [2.45, 2.75) is 52.7 Å². The van der Waals surface area contributed by atoms with Gasteiger partial charge in [-0.05, 0) is 28.3 Å². The molecular formula is C21H30OSi. The molecule has 1 atom stereocenters. The van der Waals surface area contributed by atoms with E-state index in [0.717, 1.165) is 0 Å². The van der Waals surface area contributed by atoms with Gasteiger partial charge in [-0.3, -0.25) is 0 Å². The predicted molar refractivity (Wildman–Crippen MR) is 103 cm³/mol. The number of benzene rings is 2. The Morgan fingerprint density at radius 3 is 1.43 bits per heavy atom. The van der Waals surface area contributed by atoms with Crippen LogP contribution < -0.4 is 10.4 Å². The van der Waals surface area contributed by atoms with Gasteiger partial charge in [-0.15, -0.1) is 0 Å². The normalized spacial score (nSPS) is 14.0. The van der Waals surface area contributed by atoms with E-state index in [4.69, 9.17) is 4.43 Å². The first kappa shape index (κ1) is 18.0. The molecular weight excluding hydrogens is 296 g/mol. The zero-order valence-corrected chi connectivity index (χ0v) is 16.3. The maximum atomic E-state index is 6.97. The van der Waals surface area contributed by atoms with Crippen LogP contribution in [0.15, 0.2) is 60.7 Å². The van der Waals surface area contributed by atoms with Crippen LogP contribution in [0.4, 0.5) is 0 Å². The smallest absolute Gasteiger partial charge is 0.261 e. The van der Waals surface area contributed by atoms with Gasteiger partial charge in [-0.2, -0.15) is 0 Å². The van der Waals surface area contributed by atoms with E-state index < -0.39 is 8.32 Å². The summed E-state index contributed by atoms with van der Waals surface area (Å²) in [6, 6.07) is 21.7. The van der Waals surface area contributed by atoms with E-state index in [0.29, 0.717) is 5.92 Å². The van der Waals surface area contributed by atoms with Crippen LogP contribution in [0.25, 0.3) is 0 Å². The Morgan fingerprint density at radius 1 is 0.739 bits per heavy atom. The summed E-state index contributed by atoms with van der Waals surface area (Å²) >= 11 is 0. The molecule has 2 aromatic rings. The molecule has 0 fully saturated rings. The summed E-state index contributed by atoms with van der Waals surface area (Å²) in [5, 5.41) is 2.76. The molecule has 0 bridgehead atoms. The molecule has 0 aliphatic heterocycles. The molecule has 2 heteroatoms. The molecule has 0 aliphatic rings. The number of hydrogen-bond donors (Lipinski definition) is 0. The van der Waals surface area contributed by atoms with Gasteiger partial charge < -0.3 is 4.43 Å². The van der Waals surface area contributed by atoms with Crippen molar-refractivity contribution in [3.63, 3.8) is 0 Å². The molecule has 0 radical (unpaired) electrons. The Labute approximate surface area is 142 Å². The van der Waals surface area contributed by atoms with Crippen molar-refractivity contribution in [2.75, 3.05) is 0 Å². The van der Waals surface area contributed by atoms with E-state index in [2.05, 4.69) is 102 Å². The molecule has 0 spiro atoms. The van der Waals surface area contributed by atoms with E-state index in [1.165, 1.54) is 10.4 Å². The van der Waals surface area contributed by atoms with E-state index >= 15 is 0 Å². The Balaban J connectivity index is 2.69. The van der Waals surface area contributed by atoms with Gasteiger partial charge in [-0.1, -0.05) is 95.3 Å². The summed E-state index contributed by atoms with van der Waals surface area (Å²) in [5.74, 6) is 0.497. The van der Waals surface area contributed by atoms with Crippen LogP contribution in [0.5, 0.6) is 0 Å². The van der Waals surface area contributed by atoms with Gasteiger partial charge in [0.25, 0.3) is 8.32 Å². The summed E-state index contributed by atoms with van der Waals surface area (Å²) in [7, 11) is -2.38. The summed E-state index contributed by atoms with van der Waals surface area (Å²) in [4.78, 5) is 0. The van der Waals surface area contributed by atoms with Crippen molar-refractivity contribution >= 4 is 18.7 Å². The topological polar surface area (TPSA) is 9.23 Å². The highest BCUT2D eigenvalue weighted by Gasteiger charge is 2.51. The minimum atomic E-state index is -2.38. The zero-order chi connectivity index (χ0) is 17.1. The fraction of sp³-hybridized carbons (Fsp3) is 0.429. The number of hydrogen-bond acceptors (Lipinski definition) is 1. The van der Waals surface area contributed by atoms with Gasteiger partial charge in [0.15, 0.2) is 0 Å². The molecule has 23 heavy (non-hydrogen) atoms. The zero-order valence-electron chi connectivity index (χ0n) is 15.3. The first-order valence-electron chi connectivity index (χ1n) is 8.58. The largest absolute Gasteiger partial charge is 0.404 e. The Bertz CT molecular complexity index is 559. The molecule has 0 heterocycles. The molecule has 2 aromatic carbocycles. The van der Waals surface area contributed by atoms with Gasteiger partial charge in [0.1, 0.15) is 0 Å². The third-order valence-corrected chi connectivity index (χ3v) is 9.85. The second-order valence-electron chi connectivity index (χ2n) is 7.73. The van der Waals surface area contributed by atoms with E-state index in [1.54, 1.807) is 0 Å². The van der Waals surface area contributed by atoms with E-state index in [-0.39, 0.29) is 11.1 Å². The molecule has 0 saturated heterocycles. The standard InChI is InChI=1S/C21H30OSi/c1-17(2)18(3)22-23(21(4,5)6,19-13-9-7-10-14-19)20-15-11-8-12-16-20/h7-18H,1-6H3. The van der Waals surface area contributed by atoms with E-state index in [1.807, 2.05) is 0 Å². The summed E-state index contributed by atoms with van der Waals surface area (Å²) in [6.45, 7) is 13.7. The fourth-order valence-corrected chi connectivity index (χ4v) is 7.95. The molecule has 0 saturated carbocycles. The molecule has 1 nitrogen and oxygen atoms in total. The van der Waals surface area contributed by atoms with Crippen molar-refractivity contribution in [1.29, 1.82) is 0 Å². The monoisotopic (exact) mass is 326 g/mol. The molecule has 1 unspecified atom stereocenters. The van der Waals surface area contributed by atoms with Crippen molar-refractivity contribution in [1.82, 2.24) is 0 Å². The van der Waals surface area contributed by atoms with Gasteiger partial charge >= 0.3 is 0 Å². The average molecular weight is 327 g/mol. The highest BCUT2D eigenvalue weighted by molar-refractivity contribution is 6.99. The fourth-order valence-electron chi connectivity index (χ4n) is 3.11. The molecule has 2 rings (SSSR count). The highest BCUT2D eigenvalue weighted by atomic mass is 28.4. The number of rotatable bonds is 5. The second-order valence-corrected chi connectivity index (χ2v) is 12.0. The van der Waals surface area contributed by atoms with Crippen LogP contribution >= 0.6 is 0 Å². The van der Waals surface area contributed by atoms with Crippen molar-refractivity contribution < 1.29 is 4.43 Å². The molecule has 0 N–H and O–H groups in total. The van der Waals surface area contributed by atoms with Crippen LogP contribution in [0, 0.1) is 5.92 Å². The molecule has 0 amide bonds. The lowest BCUT2D eigenvalue weighted by Gasteiger charge is -2.45. The van der Waals surface area contributed by atoms with Crippen molar-refractivity contribution in [2.24, 2.45) is 5.92 Å². The van der Waals surface area contributed by atoms with E-state index in [9.17, 15) is 0 Å². The third kappa shape index (κ3) is 3.59. The first-order valence-corrected chi connectivity index (χ1v) is 10.5. The third-order valence-electron chi connectivity index (χ3n) is 4.72. The lowest BCUT2D eigenvalue weighted by atomic mass is 10.1. The maximum absolute atomic E-state index is 6.97. The molecule has 124 valence electrons. The van der Waals surface area contributed by atoms with Gasteiger partial charge in [0.05, 0.1) is 0 Å². The summed E-state index contributed by atoms with van der Waals surface area (Å²) < 4.78 is 6.97. The van der Waals surface area contributed by atoms with Crippen LogP contribution in [-0.2, 0) is 4.43 Å². The molecule has 0 aromatic heterocycles. The van der Waals surface area contributed by atoms with Crippen LogP contribution in [0.3, 0.4) is 0 Å². The Kier molecular flexibility index (Phi) is 5.48. The summed E-state index contributed by atoms with van der Waals surface area (Å²) in [6.07, 6.45) is 0.223. The lowest BCUT2D eigenvalue weighted by Crippen LogP contribution is -2.67. The van der Waals surface area contributed by atoms with Gasteiger partial charge in [0.2, 0.25) is 0 Å². The summed E-state index contributed by atoms with van der Waals surface area (Å²) in [5.41, 5.74) is 0. The van der Waals surface area contributed by atoms with Crippen LogP contribution in [0.1, 0.15) is 41.5 Å². The quantitative estimate of drug-likeness (QED) is 0.729. The molecule has 0 aliphatic carbocycles. The minimum absolute atomic E-state index is 0.0544. The average Bonchev–Trinajstić information content (AvgIpc) is 2.52. The minimum Gasteiger partial charge on any atom is -0.404 e. The van der Waals surface area contributed by atoms with Crippen molar-refractivity contribution in [3.8, 4) is 0 Å². The second kappa shape index (κ2) is 7.02. The maximum Gasteiger partial charge on any atom is 0.261 e. The predicted octanol–water partition coefficient (Wildman–Crippen LogP) is 4.61. The Morgan fingerprint density at radius 2 is 1.13 bits per heavy atom. The SMILES string of the molecule is CC(C)C(C)O[Si](c1ccccc1)(c1ccccc1)C(C)(C)C. The lowest BCUT2D eigenvalue weighted by molar-refractivity contribution is 0.157. The van der Waals surface area contributed by atoms with Crippen molar-refractivity contribution in [3.05, 3.63) is 60.7 Å². The first-order chi connectivity index (χ1) is 10.8. The van der Waals surface area contributed by atoms with Crippen LogP contribution in [-0.4, -0.2) is 14.4 Å². The van der Waals surface area contributed by atoms with Crippen LogP contribution in [0.2, 0.25) is 5.04 Å². The Hall–Kier alpha value is -1.38. The van der Waals surface area contributed by atoms with Gasteiger partial charge in [-0.25, -0.2) is 0 Å². The van der Waals surface area contributed by atoms with Gasteiger partial charge in [0, 0.05) is 6.10 Å².